The van der Waals surface area contributed by atoms with E-state index in [-0.39, 0.29) is 11.5 Å². The Labute approximate surface area is 119 Å². The monoisotopic (exact) mass is 287 g/mol. The molecule has 0 radical (unpaired) electrons. The van der Waals surface area contributed by atoms with Gasteiger partial charge in [0.05, 0.1) is 5.02 Å². The first-order valence-electron chi connectivity index (χ1n) is 6.30. The molecule has 1 aromatic rings. The molecule has 0 aliphatic heterocycles. The highest BCUT2D eigenvalue weighted by molar-refractivity contribution is 6.42. The number of hydrogen-bond acceptors (Lipinski definition) is 2. The summed E-state index contributed by atoms with van der Waals surface area (Å²) in [5.74, 6) is 0.684. The molecule has 1 aliphatic carbocycles. The third kappa shape index (κ3) is 2.22. The zero-order valence-corrected chi connectivity index (χ0v) is 12.5. The lowest BCUT2D eigenvalue weighted by Crippen LogP contribution is -2.62. The molecule has 100 valence electrons. The average molecular weight is 288 g/mol. The Bertz CT molecular complexity index is 438. The van der Waals surface area contributed by atoms with Crippen molar-refractivity contribution in [2.45, 2.75) is 38.8 Å². The van der Waals surface area contributed by atoms with Crippen LogP contribution in [-0.4, -0.2) is 19.2 Å². The summed E-state index contributed by atoms with van der Waals surface area (Å²) in [6.07, 6.45) is 2.27. The normalized spacial score (nSPS) is 30.9. The van der Waals surface area contributed by atoms with Gasteiger partial charge in [0.15, 0.2) is 0 Å². The smallest absolute Gasteiger partial charge is 0.139 e. The molecule has 0 amide bonds. The van der Waals surface area contributed by atoms with Gasteiger partial charge in [-0.25, -0.2) is 0 Å². The van der Waals surface area contributed by atoms with Crippen LogP contribution in [0.15, 0.2) is 18.2 Å². The van der Waals surface area contributed by atoms with Gasteiger partial charge in [0.25, 0.3) is 0 Å². The van der Waals surface area contributed by atoms with E-state index in [1.807, 2.05) is 19.2 Å². The maximum atomic E-state index is 6.15. The summed E-state index contributed by atoms with van der Waals surface area (Å²) >= 11 is 12.1. The summed E-state index contributed by atoms with van der Waals surface area (Å²) in [5.41, 5.74) is 0.153. The van der Waals surface area contributed by atoms with Gasteiger partial charge in [-0.1, -0.05) is 43.1 Å². The Morgan fingerprint density at radius 3 is 2.78 bits per heavy atom. The van der Waals surface area contributed by atoms with E-state index in [9.17, 15) is 0 Å². The molecule has 18 heavy (non-hydrogen) atoms. The summed E-state index contributed by atoms with van der Waals surface area (Å²) in [5, 5.41) is 4.39. The largest absolute Gasteiger partial charge is 0.488 e. The van der Waals surface area contributed by atoms with Crippen molar-refractivity contribution in [1.82, 2.24) is 5.32 Å². The highest BCUT2D eigenvalue weighted by atomic mass is 35.5. The van der Waals surface area contributed by atoms with E-state index < -0.39 is 0 Å². The molecule has 1 N–H and O–H groups in total. The van der Waals surface area contributed by atoms with E-state index in [1.54, 1.807) is 6.07 Å². The quantitative estimate of drug-likeness (QED) is 0.898. The lowest BCUT2D eigenvalue weighted by molar-refractivity contribution is -0.0676. The molecule has 1 saturated carbocycles. The molecule has 0 spiro atoms. The second kappa shape index (κ2) is 5.28. The Balaban J connectivity index is 2.14. The summed E-state index contributed by atoms with van der Waals surface area (Å²) in [6, 6.07) is 6.01. The van der Waals surface area contributed by atoms with Gasteiger partial charge in [-0.15, -0.1) is 0 Å². The minimum atomic E-state index is 0.153. The van der Waals surface area contributed by atoms with Crippen molar-refractivity contribution in [2.24, 2.45) is 5.41 Å². The molecular formula is C14H19Cl2NO. The van der Waals surface area contributed by atoms with E-state index >= 15 is 0 Å². The van der Waals surface area contributed by atoms with Gasteiger partial charge in [0, 0.05) is 17.9 Å². The fourth-order valence-corrected chi connectivity index (χ4v) is 2.99. The Morgan fingerprint density at radius 1 is 1.44 bits per heavy atom. The second-order valence-corrected chi connectivity index (χ2v) is 5.88. The highest BCUT2D eigenvalue weighted by Gasteiger charge is 2.51. The molecule has 2 nitrogen and oxygen atoms in total. The van der Waals surface area contributed by atoms with Gasteiger partial charge in [0.2, 0.25) is 0 Å². The third-order valence-corrected chi connectivity index (χ3v) is 5.08. The van der Waals surface area contributed by atoms with Gasteiger partial charge in [-0.05, 0) is 25.6 Å². The lowest BCUT2D eigenvalue weighted by Gasteiger charge is -2.53. The number of benzene rings is 1. The van der Waals surface area contributed by atoms with Gasteiger partial charge in [-0.2, -0.15) is 0 Å². The third-order valence-electron chi connectivity index (χ3n) is 4.28. The molecule has 1 aromatic carbocycles. The van der Waals surface area contributed by atoms with Crippen molar-refractivity contribution in [1.29, 1.82) is 0 Å². The van der Waals surface area contributed by atoms with Crippen molar-refractivity contribution < 1.29 is 4.74 Å². The van der Waals surface area contributed by atoms with E-state index in [1.165, 1.54) is 0 Å². The summed E-state index contributed by atoms with van der Waals surface area (Å²) in [4.78, 5) is 0. The fraction of sp³-hybridized carbons (Fsp3) is 0.571. The van der Waals surface area contributed by atoms with E-state index in [4.69, 9.17) is 27.9 Å². The SMILES string of the molecule is CCC1(C)C(NC)CC1Oc1cccc(Cl)c1Cl. The Morgan fingerprint density at radius 2 is 2.17 bits per heavy atom. The van der Waals surface area contributed by atoms with Gasteiger partial charge >= 0.3 is 0 Å². The Hall–Kier alpha value is -0.440. The molecular weight excluding hydrogens is 269 g/mol. The van der Waals surface area contributed by atoms with Crippen LogP contribution in [0, 0.1) is 5.41 Å². The molecule has 4 heteroatoms. The van der Waals surface area contributed by atoms with Gasteiger partial charge < -0.3 is 10.1 Å². The van der Waals surface area contributed by atoms with Crippen molar-refractivity contribution in [3.8, 4) is 5.75 Å². The second-order valence-electron chi connectivity index (χ2n) is 5.09. The van der Waals surface area contributed by atoms with Crippen molar-refractivity contribution in [3.63, 3.8) is 0 Å². The molecule has 1 fully saturated rings. The number of rotatable bonds is 4. The summed E-state index contributed by atoms with van der Waals surface area (Å²) in [7, 11) is 2.00. The first kappa shape index (κ1) is 14.0. The minimum absolute atomic E-state index is 0.153. The maximum absolute atomic E-state index is 6.15. The number of hydrogen-bond donors (Lipinski definition) is 1. The van der Waals surface area contributed by atoms with Crippen LogP contribution >= 0.6 is 23.2 Å². The summed E-state index contributed by atoms with van der Waals surface area (Å²) < 4.78 is 6.04. The Kier molecular flexibility index (Phi) is 4.10. The van der Waals surface area contributed by atoms with Crippen LogP contribution < -0.4 is 10.1 Å². The molecule has 1 aliphatic rings. The fourth-order valence-electron chi connectivity index (χ4n) is 2.65. The highest BCUT2D eigenvalue weighted by Crippen LogP contribution is 2.47. The molecule has 3 atom stereocenters. The van der Waals surface area contributed by atoms with E-state index in [0.29, 0.717) is 21.8 Å². The topological polar surface area (TPSA) is 21.3 Å². The molecule has 0 aromatic heterocycles. The predicted molar refractivity (Wildman–Crippen MR) is 76.7 cm³/mol. The summed E-state index contributed by atoms with van der Waals surface area (Å²) in [6.45, 7) is 4.44. The van der Waals surface area contributed by atoms with Crippen LogP contribution in [0.5, 0.6) is 5.75 Å². The molecule has 0 bridgehead atoms. The lowest BCUT2D eigenvalue weighted by atomic mass is 9.61. The zero-order chi connectivity index (χ0) is 13.3. The number of ether oxygens (including phenoxy) is 1. The van der Waals surface area contributed by atoms with Crippen LogP contribution in [0.3, 0.4) is 0 Å². The van der Waals surface area contributed by atoms with Gasteiger partial charge in [0.1, 0.15) is 16.9 Å². The van der Waals surface area contributed by atoms with Crippen LogP contribution in [-0.2, 0) is 0 Å². The van der Waals surface area contributed by atoms with E-state index in [0.717, 1.165) is 12.8 Å². The van der Waals surface area contributed by atoms with E-state index in [2.05, 4.69) is 19.2 Å². The maximum Gasteiger partial charge on any atom is 0.139 e. The molecule has 0 saturated heterocycles. The van der Waals surface area contributed by atoms with Crippen molar-refractivity contribution in [3.05, 3.63) is 28.2 Å². The minimum Gasteiger partial charge on any atom is -0.488 e. The molecule has 2 rings (SSSR count). The molecule has 3 unspecified atom stereocenters. The van der Waals surface area contributed by atoms with Crippen LogP contribution in [0.4, 0.5) is 0 Å². The number of nitrogens with one attached hydrogen (secondary N) is 1. The first-order chi connectivity index (χ1) is 8.52. The zero-order valence-electron chi connectivity index (χ0n) is 11.0. The molecule has 0 heterocycles. The number of halogens is 2. The van der Waals surface area contributed by atoms with Gasteiger partial charge in [-0.3, -0.25) is 0 Å². The van der Waals surface area contributed by atoms with Crippen LogP contribution in [0.1, 0.15) is 26.7 Å². The van der Waals surface area contributed by atoms with Crippen LogP contribution in [0.2, 0.25) is 10.0 Å². The van der Waals surface area contributed by atoms with Crippen LogP contribution in [0.25, 0.3) is 0 Å². The average Bonchev–Trinajstić information content (AvgIpc) is 2.37. The standard InChI is InChI=1S/C14H19Cl2NO/c1-4-14(2)11(17-3)8-12(14)18-10-7-5-6-9(15)13(10)16/h5-7,11-12,17H,4,8H2,1-3H3. The predicted octanol–water partition coefficient (Wildman–Crippen LogP) is 4.15. The first-order valence-corrected chi connectivity index (χ1v) is 7.06. The van der Waals surface area contributed by atoms with Crippen molar-refractivity contribution >= 4 is 23.2 Å². The van der Waals surface area contributed by atoms with Crippen molar-refractivity contribution in [2.75, 3.05) is 7.05 Å².